The molecule has 0 aromatic heterocycles. The number of hydrogen-bond donors (Lipinski definition) is 2. The molecule has 0 radical (unpaired) electrons. The summed E-state index contributed by atoms with van der Waals surface area (Å²) in [6, 6.07) is 6.70. The lowest BCUT2D eigenvalue weighted by molar-refractivity contribution is -0.0240. The van der Waals surface area contributed by atoms with Crippen molar-refractivity contribution >= 4 is 0 Å². The van der Waals surface area contributed by atoms with Gasteiger partial charge < -0.3 is 15.2 Å². The van der Waals surface area contributed by atoms with Gasteiger partial charge in [0.25, 0.3) is 0 Å². The zero-order chi connectivity index (χ0) is 17.9. The largest absolute Gasteiger partial charge is 0.389 e. The highest BCUT2D eigenvalue weighted by atomic mass is 16.5. The summed E-state index contributed by atoms with van der Waals surface area (Å²) in [5.74, 6) is 2.04. The zero-order valence-electron chi connectivity index (χ0n) is 16.2. The third-order valence-corrected chi connectivity index (χ3v) is 6.45. The lowest BCUT2D eigenvalue weighted by Gasteiger charge is -2.39. The van der Waals surface area contributed by atoms with E-state index in [1.807, 2.05) is 6.92 Å². The average Bonchev–Trinajstić information content (AvgIpc) is 2.61. The summed E-state index contributed by atoms with van der Waals surface area (Å²) in [5.41, 5.74) is 3.41. The molecule has 0 bridgehead atoms. The van der Waals surface area contributed by atoms with Gasteiger partial charge in [0, 0.05) is 13.1 Å². The van der Waals surface area contributed by atoms with Gasteiger partial charge in [-0.25, -0.2) is 0 Å². The maximum atomic E-state index is 11.0. The molecule has 1 fully saturated rings. The van der Waals surface area contributed by atoms with Crippen LogP contribution in [0.15, 0.2) is 18.2 Å². The SMILES string of the molecule is CC(C)C1CCC(C(C)(O)CNCc2ccc3c(c2)COCC3)CC1. The number of benzene rings is 1. The average molecular weight is 346 g/mol. The molecule has 140 valence electrons. The van der Waals surface area contributed by atoms with E-state index in [-0.39, 0.29) is 0 Å². The van der Waals surface area contributed by atoms with E-state index in [0.29, 0.717) is 12.5 Å². The van der Waals surface area contributed by atoms with Gasteiger partial charge in [0.2, 0.25) is 0 Å². The molecule has 3 nitrogen and oxygen atoms in total. The van der Waals surface area contributed by atoms with E-state index in [2.05, 4.69) is 37.4 Å². The Morgan fingerprint density at radius 3 is 2.68 bits per heavy atom. The van der Waals surface area contributed by atoms with Crippen LogP contribution in [-0.2, 0) is 24.3 Å². The van der Waals surface area contributed by atoms with Crippen LogP contribution in [0, 0.1) is 17.8 Å². The predicted octanol–water partition coefficient (Wildman–Crippen LogP) is 4.06. The molecule has 2 N–H and O–H groups in total. The normalized spacial score (nSPS) is 26.3. The Morgan fingerprint density at radius 1 is 1.20 bits per heavy atom. The van der Waals surface area contributed by atoms with Crippen LogP contribution < -0.4 is 5.32 Å². The van der Waals surface area contributed by atoms with Gasteiger partial charge in [0.1, 0.15) is 0 Å². The number of ether oxygens (including phenoxy) is 1. The molecule has 0 saturated heterocycles. The lowest BCUT2D eigenvalue weighted by Crippen LogP contribution is -2.45. The Morgan fingerprint density at radius 2 is 1.96 bits per heavy atom. The van der Waals surface area contributed by atoms with Crippen LogP contribution in [0.4, 0.5) is 0 Å². The summed E-state index contributed by atoms with van der Waals surface area (Å²) in [6.45, 7) is 9.72. The van der Waals surface area contributed by atoms with Crippen molar-refractivity contribution in [1.29, 1.82) is 0 Å². The zero-order valence-corrected chi connectivity index (χ0v) is 16.2. The van der Waals surface area contributed by atoms with Crippen LogP contribution in [0.2, 0.25) is 0 Å². The molecule has 3 heteroatoms. The molecule has 0 amide bonds. The standard InChI is InChI=1S/C22H35NO2/c1-16(2)18-6-8-21(9-7-18)22(3,24)15-23-13-17-4-5-19-10-11-25-14-20(19)12-17/h4-5,12,16,18,21,23-24H,6-11,13-15H2,1-3H3. The minimum absolute atomic E-state index is 0.423. The number of hydrogen-bond acceptors (Lipinski definition) is 3. The Hall–Kier alpha value is -0.900. The highest BCUT2D eigenvalue weighted by Gasteiger charge is 2.35. The third kappa shape index (κ3) is 4.84. The second-order valence-corrected chi connectivity index (χ2v) is 8.72. The molecule has 1 aromatic rings. The highest BCUT2D eigenvalue weighted by Crippen LogP contribution is 2.38. The first-order valence-corrected chi connectivity index (χ1v) is 10.1. The van der Waals surface area contributed by atoms with Crippen LogP contribution in [0.5, 0.6) is 0 Å². The second-order valence-electron chi connectivity index (χ2n) is 8.72. The van der Waals surface area contributed by atoms with Gasteiger partial charge in [0.05, 0.1) is 18.8 Å². The van der Waals surface area contributed by atoms with Crippen LogP contribution in [0.3, 0.4) is 0 Å². The van der Waals surface area contributed by atoms with E-state index >= 15 is 0 Å². The number of fused-ring (bicyclic) bond motifs is 1. The van der Waals surface area contributed by atoms with Crippen molar-refractivity contribution in [3.8, 4) is 0 Å². The maximum Gasteiger partial charge on any atom is 0.0771 e. The summed E-state index contributed by atoms with van der Waals surface area (Å²) in [7, 11) is 0. The first-order valence-electron chi connectivity index (χ1n) is 10.1. The summed E-state index contributed by atoms with van der Waals surface area (Å²) < 4.78 is 5.55. The van der Waals surface area contributed by atoms with Gasteiger partial charge in [-0.15, -0.1) is 0 Å². The van der Waals surface area contributed by atoms with Crippen molar-refractivity contribution in [1.82, 2.24) is 5.32 Å². The predicted molar refractivity (Wildman–Crippen MR) is 102 cm³/mol. The van der Waals surface area contributed by atoms with E-state index in [0.717, 1.165) is 50.9 Å². The fraction of sp³-hybridized carbons (Fsp3) is 0.727. The highest BCUT2D eigenvalue weighted by molar-refractivity contribution is 5.32. The monoisotopic (exact) mass is 345 g/mol. The molecule has 1 atom stereocenters. The van der Waals surface area contributed by atoms with Gasteiger partial charge in [-0.05, 0) is 73.5 Å². The second kappa shape index (κ2) is 8.20. The fourth-order valence-corrected chi connectivity index (χ4v) is 4.54. The molecule has 1 aliphatic heterocycles. The Kier molecular flexibility index (Phi) is 6.19. The number of rotatable bonds is 6. The molecule has 3 rings (SSSR count). The lowest BCUT2D eigenvalue weighted by atomic mass is 9.71. The van der Waals surface area contributed by atoms with E-state index in [4.69, 9.17) is 4.74 Å². The smallest absolute Gasteiger partial charge is 0.0771 e. The van der Waals surface area contributed by atoms with Crippen molar-refractivity contribution in [2.75, 3.05) is 13.2 Å². The first kappa shape index (κ1) is 18.9. The summed E-state index contributed by atoms with van der Waals surface area (Å²) >= 11 is 0. The topological polar surface area (TPSA) is 41.5 Å². The molecule has 0 spiro atoms. The maximum absolute atomic E-state index is 11.0. The molecule has 1 aromatic carbocycles. The van der Waals surface area contributed by atoms with E-state index < -0.39 is 5.60 Å². The van der Waals surface area contributed by atoms with Gasteiger partial charge in [-0.1, -0.05) is 32.0 Å². The van der Waals surface area contributed by atoms with Gasteiger partial charge in [0.15, 0.2) is 0 Å². The first-order chi connectivity index (χ1) is 12.0. The van der Waals surface area contributed by atoms with E-state index in [1.165, 1.54) is 29.5 Å². The minimum Gasteiger partial charge on any atom is -0.389 e. The molecular weight excluding hydrogens is 310 g/mol. The van der Waals surface area contributed by atoms with Crippen molar-refractivity contribution in [2.24, 2.45) is 17.8 Å². The summed E-state index contributed by atoms with van der Waals surface area (Å²) in [4.78, 5) is 0. The minimum atomic E-state index is -0.612. The Labute approximate surface area is 153 Å². The molecule has 1 unspecified atom stereocenters. The molecular formula is C22H35NO2. The molecule has 1 saturated carbocycles. The molecule has 1 heterocycles. The van der Waals surface area contributed by atoms with Crippen molar-refractivity contribution in [2.45, 2.75) is 71.6 Å². The molecule has 25 heavy (non-hydrogen) atoms. The van der Waals surface area contributed by atoms with E-state index in [1.54, 1.807) is 0 Å². The fourth-order valence-electron chi connectivity index (χ4n) is 4.54. The van der Waals surface area contributed by atoms with Crippen molar-refractivity contribution in [3.05, 3.63) is 34.9 Å². The van der Waals surface area contributed by atoms with Crippen molar-refractivity contribution < 1.29 is 9.84 Å². The molecule has 1 aliphatic carbocycles. The van der Waals surface area contributed by atoms with Crippen LogP contribution >= 0.6 is 0 Å². The van der Waals surface area contributed by atoms with E-state index in [9.17, 15) is 5.11 Å². The van der Waals surface area contributed by atoms with Crippen molar-refractivity contribution in [3.63, 3.8) is 0 Å². The van der Waals surface area contributed by atoms with Crippen LogP contribution in [0.1, 0.15) is 63.1 Å². The third-order valence-electron chi connectivity index (χ3n) is 6.45. The Balaban J connectivity index is 1.48. The Bertz CT molecular complexity index is 559. The van der Waals surface area contributed by atoms with Gasteiger partial charge in [-0.3, -0.25) is 0 Å². The number of aliphatic hydroxyl groups is 1. The van der Waals surface area contributed by atoms with Gasteiger partial charge >= 0.3 is 0 Å². The van der Waals surface area contributed by atoms with Gasteiger partial charge in [-0.2, -0.15) is 0 Å². The summed E-state index contributed by atoms with van der Waals surface area (Å²) in [5, 5.41) is 14.4. The van der Waals surface area contributed by atoms with Crippen LogP contribution in [0.25, 0.3) is 0 Å². The number of nitrogens with one attached hydrogen (secondary N) is 1. The van der Waals surface area contributed by atoms with Crippen LogP contribution in [-0.4, -0.2) is 23.9 Å². The molecule has 2 aliphatic rings. The quantitative estimate of drug-likeness (QED) is 0.817. The summed E-state index contributed by atoms with van der Waals surface area (Å²) in [6.07, 6.45) is 5.88.